The van der Waals surface area contributed by atoms with Crippen molar-refractivity contribution in [1.82, 2.24) is 4.73 Å². The molecule has 0 radical (unpaired) electrons. The maximum atomic E-state index is 12.2. The van der Waals surface area contributed by atoms with E-state index in [1.165, 1.54) is 18.2 Å². The van der Waals surface area contributed by atoms with Gasteiger partial charge in [-0.25, -0.2) is 4.79 Å². The van der Waals surface area contributed by atoms with Crippen molar-refractivity contribution in [3.8, 4) is 11.8 Å². The van der Waals surface area contributed by atoms with Crippen molar-refractivity contribution in [2.24, 2.45) is 11.8 Å². The highest BCUT2D eigenvalue weighted by atomic mass is 16.7. The van der Waals surface area contributed by atoms with E-state index in [-0.39, 0.29) is 36.7 Å². The fourth-order valence-electron chi connectivity index (χ4n) is 2.07. The topological polar surface area (TPSA) is 98.0 Å². The fourth-order valence-corrected chi connectivity index (χ4v) is 2.07. The highest BCUT2D eigenvalue weighted by molar-refractivity contribution is 5.73. The summed E-state index contributed by atoms with van der Waals surface area (Å²) in [5.74, 6) is -2.16. The molecule has 1 aromatic heterocycles. The molecular weight excluding hydrogens is 302 g/mol. The van der Waals surface area contributed by atoms with Crippen LogP contribution in [0.25, 0.3) is 0 Å². The summed E-state index contributed by atoms with van der Waals surface area (Å²) in [6.07, 6.45) is 2.59. The van der Waals surface area contributed by atoms with Crippen LogP contribution in [-0.2, 0) is 14.3 Å². The van der Waals surface area contributed by atoms with Gasteiger partial charge in [0.2, 0.25) is 11.8 Å². The van der Waals surface area contributed by atoms with E-state index in [2.05, 4.69) is 6.58 Å². The summed E-state index contributed by atoms with van der Waals surface area (Å²) in [6, 6.07) is 2.42. The lowest BCUT2D eigenvalue weighted by atomic mass is 9.91. The van der Waals surface area contributed by atoms with Crippen LogP contribution in [0.4, 0.5) is 0 Å². The molecule has 0 amide bonds. The third-order valence-electron chi connectivity index (χ3n) is 3.34. The van der Waals surface area contributed by atoms with Crippen molar-refractivity contribution in [2.45, 2.75) is 33.1 Å². The van der Waals surface area contributed by atoms with E-state index in [9.17, 15) is 19.8 Å². The Morgan fingerprint density at radius 1 is 1.30 bits per heavy atom. The number of rotatable bonds is 9. The molecule has 2 N–H and O–H groups in total. The van der Waals surface area contributed by atoms with E-state index in [0.29, 0.717) is 17.6 Å². The Hall–Kier alpha value is -2.44. The lowest BCUT2D eigenvalue weighted by molar-refractivity contribution is -0.152. The van der Waals surface area contributed by atoms with Crippen LogP contribution in [-0.4, -0.2) is 33.5 Å². The average Bonchev–Trinajstić information content (AvgIpc) is 2.80. The number of esters is 1. The van der Waals surface area contributed by atoms with Gasteiger partial charge in [-0.2, -0.15) is 0 Å². The van der Waals surface area contributed by atoms with Crippen LogP contribution in [0, 0.1) is 11.8 Å². The molecule has 0 spiro atoms. The molecular formula is C16H23NO6. The number of aromatic nitrogens is 1. The van der Waals surface area contributed by atoms with Gasteiger partial charge >= 0.3 is 11.9 Å². The second-order valence-corrected chi connectivity index (χ2v) is 5.47. The van der Waals surface area contributed by atoms with Gasteiger partial charge in [0.15, 0.2) is 0 Å². The number of nitrogens with zero attached hydrogens (tertiary/aromatic N) is 1. The molecule has 1 heterocycles. The highest BCUT2D eigenvalue weighted by Gasteiger charge is 2.26. The Kier molecular flexibility index (Phi) is 7.18. The maximum Gasteiger partial charge on any atom is 0.336 e. The minimum atomic E-state index is -0.582. The lowest BCUT2D eigenvalue weighted by Crippen LogP contribution is -2.30. The standard InChI is InChI=1S/C16H23NO6/c1-4-10-22-15(20)7-5-6-12(11(2)3)16(21)23-17-13(18)8-9-14(17)19/h4,8-9,11-12,18-19H,1,5-7,10H2,2-3H3. The summed E-state index contributed by atoms with van der Waals surface area (Å²) in [5.41, 5.74) is 0. The first-order chi connectivity index (χ1) is 10.9. The zero-order valence-corrected chi connectivity index (χ0v) is 13.4. The third-order valence-corrected chi connectivity index (χ3v) is 3.34. The average molecular weight is 325 g/mol. The van der Waals surface area contributed by atoms with E-state index in [1.807, 2.05) is 13.8 Å². The molecule has 0 fully saturated rings. The van der Waals surface area contributed by atoms with Gasteiger partial charge in [-0.05, 0) is 18.8 Å². The predicted molar refractivity (Wildman–Crippen MR) is 82.7 cm³/mol. The maximum absolute atomic E-state index is 12.2. The summed E-state index contributed by atoms with van der Waals surface area (Å²) in [4.78, 5) is 28.6. The van der Waals surface area contributed by atoms with Gasteiger partial charge in [-0.15, -0.1) is 4.73 Å². The first-order valence-corrected chi connectivity index (χ1v) is 7.45. The van der Waals surface area contributed by atoms with Crippen molar-refractivity contribution in [1.29, 1.82) is 0 Å². The van der Waals surface area contributed by atoms with Crippen molar-refractivity contribution >= 4 is 11.9 Å². The van der Waals surface area contributed by atoms with Crippen LogP contribution in [0.15, 0.2) is 24.8 Å². The monoisotopic (exact) mass is 325 g/mol. The van der Waals surface area contributed by atoms with E-state index >= 15 is 0 Å². The number of ether oxygens (including phenoxy) is 1. The predicted octanol–water partition coefficient (Wildman–Crippen LogP) is 2.03. The Labute approximate surface area is 135 Å². The second-order valence-electron chi connectivity index (χ2n) is 5.47. The van der Waals surface area contributed by atoms with Crippen LogP contribution in [0.1, 0.15) is 33.1 Å². The first-order valence-electron chi connectivity index (χ1n) is 7.45. The van der Waals surface area contributed by atoms with Gasteiger partial charge in [0.1, 0.15) is 6.61 Å². The first kappa shape index (κ1) is 18.6. The molecule has 0 aromatic carbocycles. The van der Waals surface area contributed by atoms with Crippen molar-refractivity contribution in [3.63, 3.8) is 0 Å². The molecule has 1 unspecified atom stereocenters. The molecule has 128 valence electrons. The molecule has 0 aliphatic rings. The number of hydrogen-bond donors (Lipinski definition) is 2. The summed E-state index contributed by atoms with van der Waals surface area (Å²) in [6.45, 7) is 7.34. The SMILES string of the molecule is C=CCOC(=O)CCCC(C(=O)On1c(O)ccc1O)C(C)C. The van der Waals surface area contributed by atoms with E-state index in [0.717, 1.165) is 0 Å². The molecule has 0 saturated heterocycles. The molecule has 0 saturated carbocycles. The van der Waals surface area contributed by atoms with Crippen LogP contribution in [0.3, 0.4) is 0 Å². The van der Waals surface area contributed by atoms with Gasteiger partial charge in [-0.1, -0.05) is 26.5 Å². The molecule has 7 nitrogen and oxygen atoms in total. The molecule has 0 aliphatic heterocycles. The Morgan fingerprint density at radius 2 is 1.91 bits per heavy atom. The second kappa shape index (κ2) is 8.87. The van der Waals surface area contributed by atoms with Gasteiger partial charge in [0.05, 0.1) is 5.92 Å². The minimum Gasteiger partial charge on any atom is -0.492 e. The van der Waals surface area contributed by atoms with Gasteiger partial charge in [0, 0.05) is 18.6 Å². The van der Waals surface area contributed by atoms with Gasteiger partial charge in [0.25, 0.3) is 0 Å². The zero-order chi connectivity index (χ0) is 17.4. The normalized spacial score (nSPS) is 12.0. The largest absolute Gasteiger partial charge is 0.492 e. The number of hydrogen-bond acceptors (Lipinski definition) is 6. The van der Waals surface area contributed by atoms with Crippen LogP contribution >= 0.6 is 0 Å². The smallest absolute Gasteiger partial charge is 0.336 e. The summed E-state index contributed by atoms with van der Waals surface area (Å²) < 4.78 is 5.53. The quantitative estimate of drug-likeness (QED) is 0.532. The zero-order valence-electron chi connectivity index (χ0n) is 13.4. The molecule has 7 heteroatoms. The Balaban J connectivity index is 2.55. The third kappa shape index (κ3) is 5.69. The highest BCUT2D eigenvalue weighted by Crippen LogP contribution is 2.23. The van der Waals surface area contributed by atoms with Crippen LogP contribution < -0.4 is 4.84 Å². The Bertz CT molecular complexity index is 529. The summed E-state index contributed by atoms with van der Waals surface area (Å²) in [7, 11) is 0. The summed E-state index contributed by atoms with van der Waals surface area (Å²) >= 11 is 0. The fraction of sp³-hybridized carbons (Fsp3) is 0.500. The molecule has 1 atom stereocenters. The molecule has 0 aliphatic carbocycles. The lowest BCUT2D eigenvalue weighted by Gasteiger charge is -2.19. The van der Waals surface area contributed by atoms with Gasteiger partial charge in [-0.3, -0.25) is 4.79 Å². The van der Waals surface area contributed by atoms with Gasteiger partial charge < -0.3 is 19.8 Å². The van der Waals surface area contributed by atoms with Crippen LogP contribution in [0.2, 0.25) is 0 Å². The van der Waals surface area contributed by atoms with Crippen LogP contribution in [0.5, 0.6) is 11.8 Å². The van der Waals surface area contributed by atoms with Crippen molar-refractivity contribution in [3.05, 3.63) is 24.8 Å². The van der Waals surface area contributed by atoms with Crippen molar-refractivity contribution < 1.29 is 29.4 Å². The molecule has 0 bridgehead atoms. The number of carbonyl (C=O) groups excluding carboxylic acids is 2. The Morgan fingerprint density at radius 3 is 2.43 bits per heavy atom. The van der Waals surface area contributed by atoms with E-state index < -0.39 is 11.9 Å². The number of aromatic hydroxyl groups is 2. The van der Waals surface area contributed by atoms with E-state index in [1.54, 1.807) is 0 Å². The molecule has 1 rings (SSSR count). The van der Waals surface area contributed by atoms with E-state index in [4.69, 9.17) is 9.57 Å². The van der Waals surface area contributed by atoms with Crippen molar-refractivity contribution in [2.75, 3.05) is 6.61 Å². The summed E-state index contributed by atoms with van der Waals surface area (Å²) in [5, 5.41) is 19.0. The minimum absolute atomic E-state index is 0.0217. The molecule has 23 heavy (non-hydrogen) atoms. The molecule has 1 aromatic rings. The number of carbonyl (C=O) groups is 2.